The Morgan fingerprint density at radius 1 is 1.35 bits per heavy atom. The number of carbonyl (C=O) groups excluding carboxylic acids is 1. The molecule has 1 atom stereocenters. The molecule has 1 aromatic heterocycles. The third-order valence-corrected chi connectivity index (χ3v) is 2.87. The van der Waals surface area contributed by atoms with Gasteiger partial charge in [-0.1, -0.05) is 13.8 Å². The van der Waals surface area contributed by atoms with Crippen LogP contribution >= 0.6 is 0 Å². The van der Waals surface area contributed by atoms with Crippen molar-refractivity contribution in [2.45, 2.75) is 33.7 Å². The highest BCUT2D eigenvalue weighted by molar-refractivity contribution is 5.90. The summed E-state index contributed by atoms with van der Waals surface area (Å²) in [4.78, 5) is 15.7. The van der Waals surface area contributed by atoms with E-state index in [1.807, 2.05) is 0 Å². The van der Waals surface area contributed by atoms with Crippen molar-refractivity contribution in [1.82, 2.24) is 4.98 Å². The minimum Gasteiger partial charge on any atom is -0.465 e. The van der Waals surface area contributed by atoms with Gasteiger partial charge >= 0.3 is 5.97 Å². The summed E-state index contributed by atoms with van der Waals surface area (Å²) in [5.41, 5.74) is 1.19. The number of rotatable bonds is 4. The van der Waals surface area contributed by atoms with Crippen molar-refractivity contribution in [1.29, 1.82) is 0 Å². The van der Waals surface area contributed by atoms with E-state index in [0.717, 1.165) is 5.82 Å². The van der Waals surface area contributed by atoms with Crippen LogP contribution in [0.15, 0.2) is 12.1 Å². The molecule has 1 aromatic rings. The van der Waals surface area contributed by atoms with Gasteiger partial charge in [0, 0.05) is 6.04 Å². The maximum absolute atomic E-state index is 11.4. The maximum Gasteiger partial charge on any atom is 0.339 e. The topological polar surface area (TPSA) is 51.2 Å². The van der Waals surface area contributed by atoms with E-state index in [1.165, 1.54) is 7.11 Å². The fourth-order valence-corrected chi connectivity index (χ4v) is 1.37. The molecular weight excluding hydrogens is 216 g/mol. The highest BCUT2D eigenvalue weighted by Crippen LogP contribution is 2.14. The number of aromatic nitrogens is 1. The van der Waals surface area contributed by atoms with Gasteiger partial charge in [-0.15, -0.1) is 0 Å². The summed E-state index contributed by atoms with van der Waals surface area (Å²) in [5, 5.41) is 3.30. The number of aryl methyl sites for hydroxylation is 1. The van der Waals surface area contributed by atoms with E-state index in [1.54, 1.807) is 19.1 Å². The lowest BCUT2D eigenvalue weighted by molar-refractivity contribution is 0.0599. The van der Waals surface area contributed by atoms with Crippen molar-refractivity contribution in [3.05, 3.63) is 23.4 Å². The fourth-order valence-electron chi connectivity index (χ4n) is 1.37. The average Bonchev–Trinajstić information content (AvgIpc) is 2.28. The number of pyridine rings is 1. The van der Waals surface area contributed by atoms with Crippen molar-refractivity contribution >= 4 is 11.8 Å². The lowest BCUT2D eigenvalue weighted by Crippen LogP contribution is -2.22. The Labute approximate surface area is 102 Å². The van der Waals surface area contributed by atoms with Gasteiger partial charge in [-0.3, -0.25) is 0 Å². The fraction of sp³-hybridized carbons (Fsp3) is 0.538. The molecule has 0 saturated carbocycles. The van der Waals surface area contributed by atoms with Crippen molar-refractivity contribution in [2.24, 2.45) is 5.92 Å². The van der Waals surface area contributed by atoms with Crippen LogP contribution in [0.2, 0.25) is 0 Å². The number of esters is 1. The first-order valence-corrected chi connectivity index (χ1v) is 5.78. The molecule has 1 unspecified atom stereocenters. The molecule has 4 nitrogen and oxygen atoms in total. The number of hydrogen-bond donors (Lipinski definition) is 1. The Morgan fingerprint density at radius 3 is 2.47 bits per heavy atom. The van der Waals surface area contributed by atoms with E-state index in [2.05, 4.69) is 35.8 Å². The predicted octanol–water partition coefficient (Wildman–Crippen LogP) is 2.63. The van der Waals surface area contributed by atoms with Crippen LogP contribution in [0.3, 0.4) is 0 Å². The van der Waals surface area contributed by atoms with Gasteiger partial charge < -0.3 is 10.1 Å². The van der Waals surface area contributed by atoms with Gasteiger partial charge in [0.2, 0.25) is 0 Å². The van der Waals surface area contributed by atoms with Crippen LogP contribution in [0.1, 0.15) is 36.8 Å². The first-order valence-electron chi connectivity index (χ1n) is 5.78. The maximum atomic E-state index is 11.4. The summed E-state index contributed by atoms with van der Waals surface area (Å²) >= 11 is 0. The Balaban J connectivity index is 2.86. The Morgan fingerprint density at radius 2 is 2.00 bits per heavy atom. The van der Waals surface area contributed by atoms with E-state index >= 15 is 0 Å². The molecule has 0 radical (unpaired) electrons. The van der Waals surface area contributed by atoms with Crippen molar-refractivity contribution in [3.8, 4) is 0 Å². The second-order valence-corrected chi connectivity index (χ2v) is 4.50. The standard InChI is InChI=1S/C13H20N2O2/c1-8(2)9(3)14-12-7-6-11(10(4)15-12)13(16)17-5/h6-9H,1-5H3,(H,14,15). The lowest BCUT2D eigenvalue weighted by atomic mass is 10.1. The van der Waals surface area contributed by atoms with Crippen molar-refractivity contribution in [3.63, 3.8) is 0 Å². The monoisotopic (exact) mass is 236 g/mol. The van der Waals surface area contributed by atoms with Gasteiger partial charge in [0.1, 0.15) is 5.82 Å². The number of anilines is 1. The Kier molecular flexibility index (Phi) is 4.49. The van der Waals surface area contributed by atoms with Crippen LogP contribution in [-0.2, 0) is 4.74 Å². The molecule has 0 amide bonds. The minimum atomic E-state index is -0.349. The molecule has 4 heteroatoms. The minimum absolute atomic E-state index is 0.339. The van der Waals surface area contributed by atoms with Gasteiger partial charge in [0.15, 0.2) is 0 Å². The molecule has 0 aromatic carbocycles. The van der Waals surface area contributed by atoms with E-state index in [9.17, 15) is 4.79 Å². The first kappa shape index (κ1) is 13.5. The highest BCUT2D eigenvalue weighted by Gasteiger charge is 2.12. The summed E-state index contributed by atoms with van der Waals surface area (Å²) in [7, 11) is 1.37. The summed E-state index contributed by atoms with van der Waals surface area (Å²) in [6, 6.07) is 3.88. The van der Waals surface area contributed by atoms with Gasteiger partial charge in [0.05, 0.1) is 18.4 Å². The zero-order valence-electron chi connectivity index (χ0n) is 11.1. The second kappa shape index (κ2) is 5.66. The Bertz CT molecular complexity index is 402. The lowest BCUT2D eigenvalue weighted by Gasteiger charge is -2.18. The molecule has 1 heterocycles. The Hall–Kier alpha value is -1.58. The number of carbonyl (C=O) groups is 1. The summed E-state index contributed by atoms with van der Waals surface area (Å²) < 4.78 is 4.68. The molecule has 94 valence electrons. The molecule has 0 bridgehead atoms. The molecule has 17 heavy (non-hydrogen) atoms. The molecular formula is C13H20N2O2. The van der Waals surface area contributed by atoms with E-state index in [4.69, 9.17) is 0 Å². The highest BCUT2D eigenvalue weighted by atomic mass is 16.5. The SMILES string of the molecule is COC(=O)c1ccc(NC(C)C(C)C)nc1C. The number of nitrogens with zero attached hydrogens (tertiary/aromatic N) is 1. The van der Waals surface area contributed by atoms with E-state index in [0.29, 0.717) is 23.2 Å². The molecule has 0 spiro atoms. The zero-order valence-corrected chi connectivity index (χ0v) is 11.1. The van der Waals surface area contributed by atoms with Crippen LogP contribution in [0.5, 0.6) is 0 Å². The van der Waals surface area contributed by atoms with Gasteiger partial charge in [-0.25, -0.2) is 9.78 Å². The second-order valence-electron chi connectivity index (χ2n) is 4.50. The number of hydrogen-bond acceptors (Lipinski definition) is 4. The van der Waals surface area contributed by atoms with Crippen LogP contribution in [0.25, 0.3) is 0 Å². The smallest absolute Gasteiger partial charge is 0.339 e. The molecule has 1 N–H and O–H groups in total. The van der Waals surface area contributed by atoms with Crippen LogP contribution in [0, 0.1) is 12.8 Å². The van der Waals surface area contributed by atoms with Gasteiger partial charge in [-0.2, -0.15) is 0 Å². The molecule has 0 aliphatic rings. The third kappa shape index (κ3) is 3.44. The average molecular weight is 236 g/mol. The number of methoxy groups -OCH3 is 1. The first-order chi connectivity index (χ1) is 7.95. The van der Waals surface area contributed by atoms with Crippen molar-refractivity contribution in [2.75, 3.05) is 12.4 Å². The predicted molar refractivity (Wildman–Crippen MR) is 68.2 cm³/mol. The van der Waals surface area contributed by atoms with Crippen molar-refractivity contribution < 1.29 is 9.53 Å². The molecule has 1 rings (SSSR count). The van der Waals surface area contributed by atoms with Crippen LogP contribution in [-0.4, -0.2) is 24.1 Å². The molecule has 0 aliphatic carbocycles. The quantitative estimate of drug-likeness (QED) is 0.816. The zero-order chi connectivity index (χ0) is 13.0. The summed E-state index contributed by atoms with van der Waals surface area (Å²) in [6.07, 6.45) is 0. The molecule has 0 aliphatic heterocycles. The van der Waals surface area contributed by atoms with Crippen LogP contribution in [0.4, 0.5) is 5.82 Å². The molecule has 0 saturated heterocycles. The summed E-state index contributed by atoms with van der Waals surface area (Å²) in [5.74, 6) is 0.965. The van der Waals surface area contributed by atoms with Gasteiger partial charge in [-0.05, 0) is 31.9 Å². The number of nitrogens with one attached hydrogen (secondary N) is 1. The normalized spacial score (nSPS) is 12.4. The number of ether oxygens (including phenoxy) is 1. The van der Waals surface area contributed by atoms with Crippen LogP contribution < -0.4 is 5.32 Å². The van der Waals surface area contributed by atoms with Gasteiger partial charge in [0.25, 0.3) is 0 Å². The van der Waals surface area contributed by atoms with E-state index < -0.39 is 0 Å². The summed E-state index contributed by atoms with van der Waals surface area (Å²) in [6.45, 7) is 8.20. The largest absolute Gasteiger partial charge is 0.465 e. The molecule has 0 fully saturated rings. The van der Waals surface area contributed by atoms with E-state index in [-0.39, 0.29) is 5.97 Å². The third-order valence-electron chi connectivity index (χ3n) is 2.87.